The molecule has 0 saturated heterocycles. The smallest absolute Gasteiger partial charge is 0.325 e. The Morgan fingerprint density at radius 1 is 1.00 bits per heavy atom. The van der Waals surface area contributed by atoms with Gasteiger partial charge < -0.3 is 14.6 Å². The number of carboxylic acid groups (broad SMARTS) is 1. The van der Waals surface area contributed by atoms with Crippen molar-refractivity contribution in [3.05, 3.63) is 0 Å². The summed E-state index contributed by atoms with van der Waals surface area (Å²) in [7, 11) is -2.50. The van der Waals surface area contributed by atoms with Crippen LogP contribution >= 0.6 is 0 Å². The number of aliphatic hydroxyl groups is 1. The Balaban J connectivity index is 5.56. The molecule has 0 aromatic heterocycles. The van der Waals surface area contributed by atoms with Crippen LogP contribution in [0.1, 0.15) is 80.6 Å². The molecule has 2 N–H and O–H groups in total. The number of hydrogen-bond donors (Lipinski definition) is 2. The van der Waals surface area contributed by atoms with Crippen molar-refractivity contribution in [2.24, 2.45) is 0 Å². The average Bonchev–Trinajstić information content (AvgIpc) is 2.42. The molecule has 6 heteroatoms. The Labute approximate surface area is 147 Å². The maximum Gasteiger partial charge on any atom is 0.325 e. The summed E-state index contributed by atoms with van der Waals surface area (Å²) in [6.07, 6.45) is 1.91. The topological polar surface area (TPSA) is 83.8 Å². The number of aliphatic carboxylic acids is 1. The lowest BCUT2D eigenvalue weighted by Crippen LogP contribution is -2.54. The number of carboxylic acids is 1. The van der Waals surface area contributed by atoms with Gasteiger partial charge in [-0.05, 0) is 29.5 Å². The van der Waals surface area contributed by atoms with E-state index in [1.54, 1.807) is 0 Å². The highest BCUT2D eigenvalue weighted by Gasteiger charge is 2.51. The number of carbonyl (C=O) groups excluding carboxylic acids is 1. The lowest BCUT2D eigenvalue weighted by Gasteiger charge is -2.43. The van der Waals surface area contributed by atoms with Crippen molar-refractivity contribution >= 4 is 20.3 Å². The second kappa shape index (κ2) is 9.56. The van der Waals surface area contributed by atoms with E-state index in [9.17, 15) is 14.7 Å². The summed E-state index contributed by atoms with van der Waals surface area (Å²) < 4.78 is 6.01. The van der Waals surface area contributed by atoms with E-state index in [0.717, 1.165) is 12.8 Å². The Hall–Kier alpha value is -0.883. The fourth-order valence-electron chi connectivity index (χ4n) is 3.79. The van der Waals surface area contributed by atoms with Crippen molar-refractivity contribution < 1.29 is 24.2 Å². The second-order valence-electron chi connectivity index (χ2n) is 7.77. The summed E-state index contributed by atoms with van der Waals surface area (Å²) >= 11 is 0. The van der Waals surface area contributed by atoms with Gasteiger partial charge in [0.1, 0.15) is 0 Å². The first kappa shape index (κ1) is 23.1. The van der Waals surface area contributed by atoms with Crippen molar-refractivity contribution in [2.45, 2.75) is 103 Å². The van der Waals surface area contributed by atoms with Crippen LogP contribution in [-0.2, 0) is 14.0 Å². The van der Waals surface area contributed by atoms with Gasteiger partial charge in [0.05, 0.1) is 6.42 Å². The first-order chi connectivity index (χ1) is 10.9. The molecule has 0 saturated carbocycles. The minimum absolute atomic E-state index is 0.130. The summed E-state index contributed by atoms with van der Waals surface area (Å²) in [5.74, 6) is -1.93. The van der Waals surface area contributed by atoms with E-state index in [4.69, 9.17) is 9.53 Å². The van der Waals surface area contributed by atoms with Crippen molar-refractivity contribution in [1.29, 1.82) is 0 Å². The first-order valence-electron chi connectivity index (χ1n) is 9.11. The fourth-order valence-corrected chi connectivity index (χ4v) is 9.01. The van der Waals surface area contributed by atoms with Crippen molar-refractivity contribution in [1.82, 2.24) is 0 Å². The number of rotatable bonds is 11. The molecular weight excluding hydrogens is 324 g/mol. The standard InChI is InChI=1S/C18H36O5Si/c1-8-9-10-11-18(22,12-16(19)20)17(21)23-24(13(2)3,14(4)5)15(6)7/h13-15,22H,8-12H2,1-7H3,(H,19,20). The number of hydrogen-bond acceptors (Lipinski definition) is 4. The van der Waals surface area contributed by atoms with Gasteiger partial charge in [0.25, 0.3) is 8.32 Å². The Morgan fingerprint density at radius 2 is 1.46 bits per heavy atom. The van der Waals surface area contributed by atoms with E-state index in [1.807, 2.05) is 48.5 Å². The summed E-state index contributed by atoms with van der Waals surface area (Å²) in [6, 6.07) is 0. The number of carbonyl (C=O) groups is 2. The third-order valence-electron chi connectivity index (χ3n) is 4.99. The maximum atomic E-state index is 12.8. The summed E-state index contributed by atoms with van der Waals surface area (Å²) in [6.45, 7) is 14.3. The molecular formula is C18H36O5Si. The van der Waals surface area contributed by atoms with Crippen LogP contribution < -0.4 is 0 Å². The van der Waals surface area contributed by atoms with Crippen LogP contribution in [0.25, 0.3) is 0 Å². The van der Waals surface area contributed by atoms with E-state index >= 15 is 0 Å². The van der Waals surface area contributed by atoms with Gasteiger partial charge in [0.15, 0.2) is 5.60 Å². The highest BCUT2D eigenvalue weighted by Crippen LogP contribution is 2.43. The van der Waals surface area contributed by atoms with Crippen LogP contribution in [0.15, 0.2) is 0 Å². The van der Waals surface area contributed by atoms with Crippen LogP contribution in [0.3, 0.4) is 0 Å². The highest BCUT2D eigenvalue weighted by molar-refractivity contribution is 6.79. The van der Waals surface area contributed by atoms with Crippen LogP contribution in [0, 0.1) is 0 Å². The minimum atomic E-state index is -2.50. The SMILES string of the molecule is CCCCCC(O)(CC(=O)O)C(=O)O[Si](C(C)C)(C(C)C)C(C)C. The van der Waals surface area contributed by atoms with Gasteiger partial charge in [0, 0.05) is 0 Å². The van der Waals surface area contributed by atoms with E-state index in [0.29, 0.717) is 6.42 Å². The summed E-state index contributed by atoms with van der Waals surface area (Å²) in [4.78, 5) is 24.0. The van der Waals surface area contributed by atoms with Crippen LogP contribution in [0.5, 0.6) is 0 Å². The predicted octanol–water partition coefficient (Wildman–Crippen LogP) is 4.49. The lowest BCUT2D eigenvalue weighted by molar-refractivity contribution is -0.164. The van der Waals surface area contributed by atoms with Gasteiger partial charge in [-0.2, -0.15) is 0 Å². The van der Waals surface area contributed by atoms with Gasteiger partial charge in [-0.1, -0.05) is 61.3 Å². The molecule has 142 valence electrons. The van der Waals surface area contributed by atoms with E-state index < -0.39 is 32.3 Å². The second-order valence-corrected chi connectivity index (χ2v) is 13.1. The molecule has 0 fully saturated rings. The quantitative estimate of drug-likeness (QED) is 0.419. The largest absolute Gasteiger partial charge is 0.516 e. The Morgan fingerprint density at radius 3 is 1.79 bits per heavy atom. The fraction of sp³-hybridized carbons (Fsp3) is 0.889. The zero-order valence-corrected chi connectivity index (χ0v) is 17.4. The minimum Gasteiger partial charge on any atom is -0.516 e. The van der Waals surface area contributed by atoms with Gasteiger partial charge in [-0.15, -0.1) is 0 Å². The lowest BCUT2D eigenvalue weighted by atomic mass is 9.93. The molecule has 0 amide bonds. The van der Waals surface area contributed by atoms with E-state index in [2.05, 4.69) is 0 Å². The van der Waals surface area contributed by atoms with Crippen molar-refractivity contribution in [3.8, 4) is 0 Å². The van der Waals surface area contributed by atoms with Crippen LogP contribution in [-0.4, -0.2) is 36.1 Å². The summed E-state index contributed by atoms with van der Waals surface area (Å²) in [5.41, 5.74) is -1.37. The van der Waals surface area contributed by atoms with Crippen molar-refractivity contribution in [2.75, 3.05) is 0 Å². The molecule has 0 heterocycles. The van der Waals surface area contributed by atoms with Crippen LogP contribution in [0.2, 0.25) is 16.6 Å². The molecule has 5 nitrogen and oxygen atoms in total. The maximum absolute atomic E-state index is 12.8. The Kier molecular flexibility index (Phi) is 9.21. The first-order valence-corrected chi connectivity index (χ1v) is 11.3. The average molecular weight is 361 g/mol. The zero-order valence-electron chi connectivity index (χ0n) is 16.4. The number of unbranched alkanes of at least 4 members (excludes halogenated alkanes) is 2. The molecule has 0 rings (SSSR count). The molecule has 0 aromatic rings. The molecule has 0 bridgehead atoms. The van der Waals surface area contributed by atoms with Gasteiger partial charge in [-0.25, -0.2) is 0 Å². The molecule has 1 unspecified atom stereocenters. The van der Waals surface area contributed by atoms with Crippen LogP contribution in [0.4, 0.5) is 0 Å². The van der Waals surface area contributed by atoms with Gasteiger partial charge in [-0.3, -0.25) is 9.59 Å². The third-order valence-corrected chi connectivity index (χ3v) is 10.9. The molecule has 0 radical (unpaired) electrons. The third kappa shape index (κ3) is 5.58. The van der Waals surface area contributed by atoms with Gasteiger partial charge >= 0.3 is 11.9 Å². The Bertz CT molecular complexity index is 398. The van der Waals surface area contributed by atoms with Gasteiger partial charge in [0.2, 0.25) is 0 Å². The normalized spacial score (nSPS) is 15.0. The molecule has 0 aliphatic heterocycles. The highest BCUT2D eigenvalue weighted by atomic mass is 28.4. The van der Waals surface area contributed by atoms with Crippen molar-refractivity contribution in [3.63, 3.8) is 0 Å². The molecule has 0 aliphatic carbocycles. The van der Waals surface area contributed by atoms with E-state index in [-0.39, 0.29) is 23.0 Å². The van der Waals surface area contributed by atoms with E-state index in [1.165, 1.54) is 0 Å². The molecule has 0 aromatic carbocycles. The predicted molar refractivity (Wildman–Crippen MR) is 98.5 cm³/mol. The molecule has 0 aliphatic rings. The molecule has 0 spiro atoms. The molecule has 1 atom stereocenters. The zero-order chi connectivity index (χ0) is 19.1. The molecule has 24 heavy (non-hydrogen) atoms. The summed E-state index contributed by atoms with van der Waals surface area (Å²) in [5, 5.41) is 19.9. The monoisotopic (exact) mass is 360 g/mol.